The lowest BCUT2D eigenvalue weighted by Crippen LogP contribution is -1.96. The van der Waals surface area contributed by atoms with Crippen molar-refractivity contribution in [1.29, 1.82) is 0 Å². The summed E-state index contributed by atoms with van der Waals surface area (Å²) in [6.07, 6.45) is 5.42. The summed E-state index contributed by atoms with van der Waals surface area (Å²) >= 11 is 1.44. The van der Waals surface area contributed by atoms with Gasteiger partial charge in [0.1, 0.15) is 18.1 Å². The van der Waals surface area contributed by atoms with E-state index in [-0.39, 0.29) is 5.69 Å². The maximum absolute atomic E-state index is 11.4. The Balaban J connectivity index is 1.65. The Morgan fingerprint density at radius 1 is 1.06 bits per heavy atom. The van der Waals surface area contributed by atoms with E-state index in [0.29, 0.717) is 34.5 Å². The number of hydrogen-bond acceptors (Lipinski definition) is 7. The second kappa shape index (κ2) is 9.32. The fourth-order valence-electron chi connectivity index (χ4n) is 3.66. The summed E-state index contributed by atoms with van der Waals surface area (Å²) in [5, 5.41) is 16.7. The van der Waals surface area contributed by atoms with Crippen molar-refractivity contribution >= 4 is 23.0 Å². The van der Waals surface area contributed by atoms with Gasteiger partial charge in [0.15, 0.2) is 5.16 Å². The number of rotatable bonds is 7. The van der Waals surface area contributed by atoms with Crippen molar-refractivity contribution in [3.05, 3.63) is 101 Å². The second-order valence-electron chi connectivity index (χ2n) is 7.43. The zero-order chi connectivity index (χ0) is 23.5. The number of non-ortho nitro benzene ring substituents is 1. The maximum atomic E-state index is 11.4. The van der Waals surface area contributed by atoms with Crippen LogP contribution in [0, 0.1) is 10.1 Å². The number of thioether (sulfide) groups is 1. The highest BCUT2D eigenvalue weighted by Crippen LogP contribution is 2.37. The minimum Gasteiger partial charge on any atom is -0.489 e. The van der Waals surface area contributed by atoms with Gasteiger partial charge in [0.2, 0.25) is 0 Å². The number of nitro groups is 1. The predicted molar refractivity (Wildman–Crippen MR) is 131 cm³/mol. The quantitative estimate of drug-likeness (QED) is 0.131. The van der Waals surface area contributed by atoms with Gasteiger partial charge in [-0.25, -0.2) is 14.5 Å². The Morgan fingerprint density at radius 3 is 2.71 bits per heavy atom. The Morgan fingerprint density at radius 2 is 1.91 bits per heavy atom. The molecule has 0 saturated carbocycles. The van der Waals surface area contributed by atoms with Gasteiger partial charge in [0.05, 0.1) is 21.7 Å². The first kappa shape index (κ1) is 21.6. The van der Waals surface area contributed by atoms with E-state index < -0.39 is 4.92 Å². The van der Waals surface area contributed by atoms with Crippen molar-refractivity contribution in [3.8, 4) is 28.3 Å². The summed E-state index contributed by atoms with van der Waals surface area (Å²) < 4.78 is 7.77. The van der Waals surface area contributed by atoms with Crippen LogP contribution in [0.4, 0.5) is 5.69 Å². The maximum Gasteiger partial charge on any atom is 0.270 e. The Labute approximate surface area is 199 Å². The van der Waals surface area contributed by atoms with Gasteiger partial charge >= 0.3 is 0 Å². The molecule has 0 N–H and O–H groups in total. The van der Waals surface area contributed by atoms with Crippen molar-refractivity contribution < 1.29 is 9.66 Å². The van der Waals surface area contributed by atoms with Gasteiger partial charge in [-0.3, -0.25) is 10.1 Å². The lowest BCUT2D eigenvalue weighted by Gasteiger charge is -2.08. The van der Waals surface area contributed by atoms with Gasteiger partial charge in [0.25, 0.3) is 5.69 Å². The van der Waals surface area contributed by atoms with Crippen LogP contribution in [0.5, 0.6) is 5.75 Å². The lowest BCUT2D eigenvalue weighted by atomic mass is 10.0. The molecule has 3 heterocycles. The lowest BCUT2D eigenvalue weighted by molar-refractivity contribution is -0.384. The molecule has 168 valence electrons. The third kappa shape index (κ3) is 4.33. The molecule has 0 unspecified atom stereocenters. The number of benzene rings is 2. The molecule has 0 spiro atoms. The molecule has 5 aromatic rings. The molecule has 0 bridgehead atoms. The topological polar surface area (TPSA) is 95.5 Å². The van der Waals surface area contributed by atoms with Crippen LogP contribution in [0.15, 0.2) is 90.3 Å². The second-order valence-corrected chi connectivity index (χ2v) is 8.20. The third-order valence-electron chi connectivity index (χ3n) is 5.26. The van der Waals surface area contributed by atoms with E-state index in [1.165, 1.54) is 23.9 Å². The van der Waals surface area contributed by atoms with E-state index in [1.54, 1.807) is 16.8 Å². The van der Waals surface area contributed by atoms with Crippen molar-refractivity contribution in [3.63, 3.8) is 0 Å². The Hall–Kier alpha value is -4.24. The number of nitro benzene ring substituents is 1. The Kier molecular flexibility index (Phi) is 5.92. The van der Waals surface area contributed by atoms with Crippen LogP contribution in [0.1, 0.15) is 5.56 Å². The van der Waals surface area contributed by atoms with E-state index in [9.17, 15) is 10.1 Å². The number of pyridine rings is 1. The first-order chi connectivity index (χ1) is 16.6. The summed E-state index contributed by atoms with van der Waals surface area (Å²) in [6, 6.07) is 21.9. The van der Waals surface area contributed by atoms with Crippen LogP contribution in [-0.4, -0.2) is 30.8 Å². The van der Waals surface area contributed by atoms with Crippen LogP contribution in [0.2, 0.25) is 0 Å². The van der Waals surface area contributed by atoms with E-state index in [4.69, 9.17) is 9.84 Å². The number of nitrogens with zero attached hydrogens (tertiary/aromatic N) is 5. The Bertz CT molecular complexity index is 1490. The van der Waals surface area contributed by atoms with Crippen LogP contribution >= 0.6 is 11.8 Å². The van der Waals surface area contributed by atoms with Gasteiger partial charge in [-0.15, -0.1) is 0 Å². The van der Waals surface area contributed by atoms with Gasteiger partial charge in [-0.05, 0) is 24.0 Å². The molecular weight excluding hydrogens is 450 g/mol. The average molecular weight is 470 g/mol. The van der Waals surface area contributed by atoms with E-state index in [2.05, 4.69) is 9.97 Å². The highest BCUT2D eigenvalue weighted by Gasteiger charge is 2.20. The van der Waals surface area contributed by atoms with Gasteiger partial charge in [-0.1, -0.05) is 54.2 Å². The first-order valence-corrected chi connectivity index (χ1v) is 11.7. The van der Waals surface area contributed by atoms with E-state index >= 15 is 0 Å². The molecule has 3 aromatic heterocycles. The molecule has 0 aliphatic heterocycles. The normalized spacial score (nSPS) is 11.0. The fraction of sp³-hybridized carbons (Fsp3) is 0.0800. The summed E-state index contributed by atoms with van der Waals surface area (Å²) in [5.41, 5.74) is 4.49. The molecule has 0 amide bonds. The first-order valence-electron chi connectivity index (χ1n) is 10.4. The fourth-order valence-corrected chi connectivity index (χ4v) is 4.01. The summed E-state index contributed by atoms with van der Waals surface area (Å²) in [5.74, 6) is 0.683. The zero-order valence-electron chi connectivity index (χ0n) is 18.2. The van der Waals surface area contributed by atoms with Crippen molar-refractivity contribution in [2.24, 2.45) is 0 Å². The van der Waals surface area contributed by atoms with Crippen LogP contribution < -0.4 is 4.74 Å². The SMILES string of the molecule is CSc1nccc(-c2c(-c3cccc([N+](=O)[O-])c3)nn3ccc(OCc4ccccc4)cc23)n1. The predicted octanol–water partition coefficient (Wildman–Crippen LogP) is 5.67. The average Bonchev–Trinajstić information content (AvgIpc) is 3.27. The summed E-state index contributed by atoms with van der Waals surface area (Å²) in [7, 11) is 0. The largest absolute Gasteiger partial charge is 0.489 e. The standard InChI is InChI=1S/C25H19N5O3S/c1-34-25-26-12-10-21(27-25)23-22-15-20(33-16-17-6-3-2-4-7-17)11-13-29(22)28-24(23)18-8-5-9-19(14-18)30(31)32/h2-15H,16H2,1H3. The molecule has 34 heavy (non-hydrogen) atoms. The van der Waals surface area contributed by atoms with Crippen molar-refractivity contribution in [2.75, 3.05) is 6.26 Å². The number of ether oxygens (including phenoxy) is 1. The van der Waals surface area contributed by atoms with Gasteiger partial charge < -0.3 is 4.74 Å². The molecule has 0 aliphatic carbocycles. The number of aromatic nitrogens is 4. The highest BCUT2D eigenvalue weighted by atomic mass is 32.2. The van der Waals surface area contributed by atoms with Crippen LogP contribution in [0.25, 0.3) is 28.0 Å². The van der Waals surface area contributed by atoms with E-state index in [1.807, 2.05) is 67.0 Å². The van der Waals surface area contributed by atoms with Crippen LogP contribution in [0.3, 0.4) is 0 Å². The molecule has 8 nitrogen and oxygen atoms in total. The van der Waals surface area contributed by atoms with Crippen molar-refractivity contribution in [1.82, 2.24) is 19.6 Å². The smallest absolute Gasteiger partial charge is 0.270 e. The molecule has 0 saturated heterocycles. The molecule has 0 atom stereocenters. The van der Waals surface area contributed by atoms with Crippen molar-refractivity contribution in [2.45, 2.75) is 11.8 Å². The minimum absolute atomic E-state index is 0.000111. The molecule has 0 aliphatic rings. The third-order valence-corrected chi connectivity index (χ3v) is 5.82. The highest BCUT2D eigenvalue weighted by molar-refractivity contribution is 7.98. The zero-order valence-corrected chi connectivity index (χ0v) is 19.0. The monoisotopic (exact) mass is 469 g/mol. The van der Waals surface area contributed by atoms with Gasteiger partial charge in [-0.2, -0.15) is 5.10 Å². The molecule has 0 fully saturated rings. The summed E-state index contributed by atoms with van der Waals surface area (Å²) in [4.78, 5) is 19.9. The molecule has 0 radical (unpaired) electrons. The summed E-state index contributed by atoms with van der Waals surface area (Å²) in [6.45, 7) is 0.433. The van der Waals surface area contributed by atoms with Gasteiger partial charge in [0, 0.05) is 36.2 Å². The molecule has 5 rings (SSSR count). The molecular formula is C25H19N5O3S. The molecule has 2 aromatic carbocycles. The van der Waals surface area contributed by atoms with Crippen LogP contribution in [-0.2, 0) is 6.61 Å². The minimum atomic E-state index is -0.412. The van der Waals surface area contributed by atoms with E-state index in [0.717, 1.165) is 16.6 Å². The number of hydrogen-bond donors (Lipinski definition) is 0. The molecule has 9 heteroatoms. The number of fused-ring (bicyclic) bond motifs is 1.